The summed E-state index contributed by atoms with van der Waals surface area (Å²) in [4.78, 5) is 0. The Hall–Kier alpha value is -2.14. The highest BCUT2D eigenvalue weighted by molar-refractivity contribution is 5.32. The molecule has 0 fully saturated rings. The van der Waals surface area contributed by atoms with Crippen molar-refractivity contribution in [1.29, 1.82) is 0 Å². The van der Waals surface area contributed by atoms with Crippen molar-refractivity contribution in [2.75, 3.05) is 13.7 Å². The number of ether oxygens (including phenoxy) is 2. The Bertz CT molecular complexity index is 574. The van der Waals surface area contributed by atoms with Crippen LogP contribution in [0.1, 0.15) is 11.1 Å². The van der Waals surface area contributed by atoms with Gasteiger partial charge in [-0.15, -0.1) is 0 Å². The zero-order chi connectivity index (χ0) is 15.2. The second kappa shape index (κ2) is 7.04. The zero-order valence-electron chi connectivity index (χ0n) is 11.6. The van der Waals surface area contributed by atoms with Gasteiger partial charge in [-0.2, -0.15) is 0 Å². The molecule has 2 aromatic rings. The van der Waals surface area contributed by atoms with E-state index in [2.05, 4.69) is 4.74 Å². The average Bonchev–Trinajstić information content (AvgIpc) is 2.47. The van der Waals surface area contributed by atoms with Crippen molar-refractivity contribution in [1.82, 2.24) is 0 Å². The third-order valence-electron chi connectivity index (χ3n) is 2.99. The minimum Gasteiger partial charge on any atom is -0.491 e. The van der Waals surface area contributed by atoms with Crippen LogP contribution in [0.3, 0.4) is 0 Å². The molecule has 0 atom stereocenters. The molecule has 2 aromatic carbocycles. The van der Waals surface area contributed by atoms with E-state index in [1.807, 2.05) is 12.1 Å². The van der Waals surface area contributed by atoms with Gasteiger partial charge in [0.15, 0.2) is 17.4 Å². The summed E-state index contributed by atoms with van der Waals surface area (Å²) in [6.45, 7) is 0.141. The van der Waals surface area contributed by atoms with Gasteiger partial charge in [0, 0.05) is 6.61 Å². The van der Waals surface area contributed by atoms with E-state index in [1.165, 1.54) is 19.2 Å². The van der Waals surface area contributed by atoms with Gasteiger partial charge in [0.2, 0.25) is 0 Å². The smallest absolute Gasteiger partial charge is 0.190 e. The Kier molecular flexibility index (Phi) is 5.11. The summed E-state index contributed by atoms with van der Waals surface area (Å²) in [6, 6.07) is 9.54. The second-order valence-electron chi connectivity index (χ2n) is 4.50. The number of benzene rings is 2. The van der Waals surface area contributed by atoms with Crippen LogP contribution in [-0.4, -0.2) is 18.8 Å². The molecule has 0 aliphatic rings. The molecular formula is C16H16F2O3. The molecule has 112 valence electrons. The molecule has 0 bridgehead atoms. The topological polar surface area (TPSA) is 38.7 Å². The van der Waals surface area contributed by atoms with Crippen LogP contribution in [0.25, 0.3) is 0 Å². The number of aliphatic hydroxyl groups excluding tert-OH is 1. The van der Waals surface area contributed by atoms with Gasteiger partial charge in [-0.3, -0.25) is 0 Å². The van der Waals surface area contributed by atoms with E-state index in [0.717, 1.165) is 5.56 Å². The Morgan fingerprint density at radius 1 is 1.00 bits per heavy atom. The van der Waals surface area contributed by atoms with Crippen molar-refractivity contribution >= 4 is 0 Å². The van der Waals surface area contributed by atoms with Crippen LogP contribution in [0.2, 0.25) is 0 Å². The van der Waals surface area contributed by atoms with E-state index in [-0.39, 0.29) is 13.2 Å². The Labute approximate surface area is 121 Å². The summed E-state index contributed by atoms with van der Waals surface area (Å²) >= 11 is 0. The normalized spacial score (nSPS) is 10.5. The van der Waals surface area contributed by atoms with Gasteiger partial charge in [0.1, 0.15) is 12.4 Å². The van der Waals surface area contributed by atoms with Gasteiger partial charge in [0.05, 0.1) is 7.11 Å². The maximum absolute atomic E-state index is 13.5. The first-order valence-electron chi connectivity index (χ1n) is 6.48. The fourth-order valence-electron chi connectivity index (χ4n) is 1.94. The minimum absolute atomic E-state index is 0.0528. The molecule has 0 aliphatic heterocycles. The molecular weight excluding hydrogens is 278 g/mol. The van der Waals surface area contributed by atoms with E-state index >= 15 is 0 Å². The van der Waals surface area contributed by atoms with Crippen LogP contribution >= 0.6 is 0 Å². The number of hydrogen-bond donors (Lipinski definition) is 1. The van der Waals surface area contributed by atoms with Crippen LogP contribution in [0.4, 0.5) is 8.78 Å². The Morgan fingerprint density at radius 3 is 2.14 bits per heavy atom. The van der Waals surface area contributed by atoms with Crippen LogP contribution in [-0.2, 0) is 13.0 Å². The standard InChI is InChI=1S/C16H16F2O3/c1-20-16-14(17)8-12(9-15(16)18)10-21-13-4-2-11(3-5-13)6-7-19/h2-5,8-9,19H,6-7,10H2,1H3. The van der Waals surface area contributed by atoms with E-state index in [0.29, 0.717) is 17.7 Å². The lowest BCUT2D eigenvalue weighted by Crippen LogP contribution is -2.00. The zero-order valence-corrected chi connectivity index (χ0v) is 11.6. The predicted octanol–water partition coefficient (Wildman–Crippen LogP) is 3.09. The lowest BCUT2D eigenvalue weighted by Gasteiger charge is -2.09. The molecule has 0 amide bonds. The molecule has 0 aromatic heterocycles. The van der Waals surface area contributed by atoms with Crippen molar-refractivity contribution in [3.63, 3.8) is 0 Å². The maximum Gasteiger partial charge on any atom is 0.190 e. The summed E-state index contributed by atoms with van der Waals surface area (Å²) in [7, 11) is 1.21. The van der Waals surface area contributed by atoms with Gasteiger partial charge in [-0.25, -0.2) is 8.78 Å². The lowest BCUT2D eigenvalue weighted by molar-refractivity contribution is 0.297. The highest BCUT2D eigenvalue weighted by Gasteiger charge is 2.11. The number of aliphatic hydroxyl groups is 1. The minimum atomic E-state index is -0.755. The first-order chi connectivity index (χ1) is 10.1. The van der Waals surface area contributed by atoms with Crippen molar-refractivity contribution in [3.8, 4) is 11.5 Å². The SMILES string of the molecule is COc1c(F)cc(COc2ccc(CCO)cc2)cc1F. The molecule has 0 heterocycles. The summed E-state index contributed by atoms with van der Waals surface area (Å²) in [5.41, 5.74) is 1.37. The van der Waals surface area contributed by atoms with Gasteiger partial charge < -0.3 is 14.6 Å². The molecule has 0 radical (unpaired) electrons. The maximum atomic E-state index is 13.5. The van der Waals surface area contributed by atoms with Gasteiger partial charge >= 0.3 is 0 Å². The highest BCUT2D eigenvalue weighted by Crippen LogP contribution is 2.23. The molecule has 0 aliphatic carbocycles. The second-order valence-corrected chi connectivity index (χ2v) is 4.50. The summed E-state index contributed by atoms with van der Waals surface area (Å²) in [5, 5.41) is 8.82. The first-order valence-corrected chi connectivity index (χ1v) is 6.48. The van der Waals surface area contributed by atoms with E-state index < -0.39 is 17.4 Å². The Morgan fingerprint density at radius 2 is 1.62 bits per heavy atom. The summed E-state index contributed by atoms with van der Waals surface area (Å²) in [6.07, 6.45) is 0.579. The van der Waals surface area contributed by atoms with Crippen molar-refractivity contribution < 1.29 is 23.4 Å². The largest absolute Gasteiger partial charge is 0.491 e. The average molecular weight is 294 g/mol. The Balaban J connectivity index is 2.02. The number of hydrogen-bond acceptors (Lipinski definition) is 3. The van der Waals surface area contributed by atoms with Crippen LogP contribution in [0.5, 0.6) is 11.5 Å². The molecule has 0 saturated heterocycles. The molecule has 0 unspecified atom stereocenters. The lowest BCUT2D eigenvalue weighted by atomic mass is 10.1. The highest BCUT2D eigenvalue weighted by atomic mass is 19.1. The first kappa shape index (κ1) is 15.3. The van der Waals surface area contributed by atoms with Gasteiger partial charge in [0.25, 0.3) is 0 Å². The number of methoxy groups -OCH3 is 1. The third-order valence-corrected chi connectivity index (χ3v) is 2.99. The molecule has 2 rings (SSSR count). The molecule has 3 nitrogen and oxygen atoms in total. The van der Waals surface area contributed by atoms with Gasteiger partial charge in [-0.1, -0.05) is 12.1 Å². The van der Waals surface area contributed by atoms with E-state index in [4.69, 9.17) is 9.84 Å². The summed E-state index contributed by atoms with van der Waals surface area (Å²) in [5.74, 6) is -1.32. The van der Waals surface area contributed by atoms with Crippen molar-refractivity contribution in [3.05, 3.63) is 59.2 Å². The van der Waals surface area contributed by atoms with Crippen LogP contribution in [0, 0.1) is 11.6 Å². The van der Waals surface area contributed by atoms with Crippen LogP contribution in [0.15, 0.2) is 36.4 Å². The molecule has 5 heteroatoms. The number of rotatable bonds is 6. The van der Waals surface area contributed by atoms with E-state index in [1.54, 1.807) is 12.1 Å². The fraction of sp³-hybridized carbons (Fsp3) is 0.250. The number of halogens is 2. The molecule has 1 N–H and O–H groups in total. The van der Waals surface area contributed by atoms with Crippen molar-refractivity contribution in [2.24, 2.45) is 0 Å². The predicted molar refractivity (Wildman–Crippen MR) is 74.5 cm³/mol. The van der Waals surface area contributed by atoms with Gasteiger partial charge in [-0.05, 0) is 41.8 Å². The summed E-state index contributed by atoms with van der Waals surface area (Å²) < 4.78 is 37.2. The van der Waals surface area contributed by atoms with Crippen molar-refractivity contribution in [2.45, 2.75) is 13.0 Å². The molecule has 0 saturated carbocycles. The van der Waals surface area contributed by atoms with E-state index in [9.17, 15) is 8.78 Å². The molecule has 0 spiro atoms. The monoisotopic (exact) mass is 294 g/mol. The quantitative estimate of drug-likeness (QED) is 0.890. The fourth-order valence-corrected chi connectivity index (χ4v) is 1.94. The van der Waals surface area contributed by atoms with Crippen LogP contribution < -0.4 is 9.47 Å². The molecule has 21 heavy (non-hydrogen) atoms. The third kappa shape index (κ3) is 3.92.